The number of ether oxygens (including phenoxy) is 2. The Morgan fingerprint density at radius 1 is 1.25 bits per heavy atom. The topological polar surface area (TPSA) is 64.6 Å². The van der Waals surface area contributed by atoms with Gasteiger partial charge in [-0.1, -0.05) is 13.0 Å². The van der Waals surface area contributed by atoms with E-state index in [1.54, 1.807) is 31.2 Å². The van der Waals surface area contributed by atoms with Gasteiger partial charge < -0.3 is 14.8 Å². The minimum absolute atomic E-state index is 0.130. The number of methoxy groups -OCH3 is 1. The number of hydrogen-bond acceptors (Lipinski definition) is 4. The Morgan fingerprint density at radius 2 is 1.90 bits per heavy atom. The Labute approximate surface area is 118 Å². The van der Waals surface area contributed by atoms with E-state index in [1.165, 1.54) is 7.11 Å². The fourth-order valence-corrected chi connectivity index (χ4v) is 1.46. The van der Waals surface area contributed by atoms with Crippen LogP contribution in [-0.4, -0.2) is 25.6 Å². The van der Waals surface area contributed by atoms with E-state index in [9.17, 15) is 9.59 Å². The molecule has 0 aromatic heterocycles. The molecule has 1 aromatic rings. The summed E-state index contributed by atoms with van der Waals surface area (Å²) in [4.78, 5) is 22.7. The van der Waals surface area contributed by atoms with Crippen LogP contribution in [0.2, 0.25) is 0 Å². The molecule has 1 N–H and O–H groups in total. The summed E-state index contributed by atoms with van der Waals surface area (Å²) in [6.07, 6.45) is 2.68. The van der Waals surface area contributed by atoms with Crippen molar-refractivity contribution in [2.75, 3.05) is 19.0 Å². The van der Waals surface area contributed by atoms with Crippen LogP contribution in [0.3, 0.4) is 0 Å². The molecule has 0 radical (unpaired) electrons. The third kappa shape index (κ3) is 5.14. The highest BCUT2D eigenvalue weighted by atomic mass is 16.6. The number of benzene rings is 1. The molecule has 0 saturated carbocycles. The van der Waals surface area contributed by atoms with Crippen molar-refractivity contribution in [3.63, 3.8) is 0 Å². The van der Waals surface area contributed by atoms with Crippen LogP contribution in [0, 0.1) is 0 Å². The summed E-state index contributed by atoms with van der Waals surface area (Å²) in [6.45, 7) is 3.61. The lowest BCUT2D eigenvalue weighted by Crippen LogP contribution is -2.13. The highest BCUT2D eigenvalue weighted by molar-refractivity contribution is 6.03. The molecule has 5 nitrogen and oxygen atoms in total. The van der Waals surface area contributed by atoms with Gasteiger partial charge in [-0.25, -0.2) is 4.79 Å². The van der Waals surface area contributed by atoms with Gasteiger partial charge in [0.1, 0.15) is 5.75 Å². The van der Waals surface area contributed by atoms with Gasteiger partial charge in [0.15, 0.2) is 6.61 Å². The monoisotopic (exact) mass is 277 g/mol. The van der Waals surface area contributed by atoms with E-state index in [2.05, 4.69) is 10.1 Å². The number of esters is 1. The van der Waals surface area contributed by atoms with Crippen molar-refractivity contribution in [2.24, 2.45) is 0 Å². The van der Waals surface area contributed by atoms with Gasteiger partial charge in [-0.3, -0.25) is 4.79 Å². The Hall–Kier alpha value is -2.30. The second kappa shape index (κ2) is 7.99. The predicted molar refractivity (Wildman–Crippen MR) is 76.6 cm³/mol. The Balaban J connectivity index is 2.56. The second-order valence-corrected chi connectivity index (χ2v) is 4.14. The molecule has 0 aliphatic carbocycles. The summed E-state index contributed by atoms with van der Waals surface area (Å²) in [7, 11) is 1.30. The highest BCUT2D eigenvalue weighted by Gasteiger charge is 2.05. The first-order valence-corrected chi connectivity index (χ1v) is 6.34. The molecule has 0 unspecified atom stereocenters. The first kappa shape index (κ1) is 15.8. The maximum atomic E-state index is 11.8. The van der Waals surface area contributed by atoms with Crippen molar-refractivity contribution in [3.8, 4) is 5.75 Å². The SMILES string of the molecule is CC/C=C(\C)C(=O)Nc1ccc(OCC(=O)OC)cc1. The van der Waals surface area contributed by atoms with Gasteiger partial charge in [0.05, 0.1) is 7.11 Å². The van der Waals surface area contributed by atoms with E-state index in [1.807, 2.05) is 13.0 Å². The Kier molecular flexibility index (Phi) is 6.29. The number of rotatable bonds is 6. The number of carbonyl (C=O) groups excluding carboxylic acids is 2. The summed E-state index contributed by atoms with van der Waals surface area (Å²) in [6, 6.07) is 6.78. The lowest BCUT2D eigenvalue weighted by molar-refractivity contribution is -0.142. The number of anilines is 1. The zero-order valence-electron chi connectivity index (χ0n) is 11.9. The molecule has 0 heterocycles. The van der Waals surface area contributed by atoms with E-state index in [-0.39, 0.29) is 12.5 Å². The van der Waals surface area contributed by atoms with Gasteiger partial charge in [0, 0.05) is 11.3 Å². The molecule has 1 aromatic carbocycles. The Bertz CT molecular complexity index is 491. The van der Waals surface area contributed by atoms with Crippen LogP contribution in [0.5, 0.6) is 5.75 Å². The standard InChI is InChI=1S/C15H19NO4/c1-4-5-11(2)15(18)16-12-6-8-13(9-7-12)20-10-14(17)19-3/h5-9H,4,10H2,1-3H3,(H,16,18)/b11-5+. The molecule has 20 heavy (non-hydrogen) atoms. The zero-order valence-corrected chi connectivity index (χ0v) is 11.9. The lowest BCUT2D eigenvalue weighted by atomic mass is 10.2. The molecule has 0 spiro atoms. The van der Waals surface area contributed by atoms with Gasteiger partial charge in [-0.15, -0.1) is 0 Å². The molecule has 108 valence electrons. The summed E-state index contributed by atoms with van der Waals surface area (Å²) in [5.74, 6) is -0.0352. The third-order valence-electron chi connectivity index (χ3n) is 2.57. The zero-order chi connectivity index (χ0) is 15.0. The van der Waals surface area contributed by atoms with Crippen molar-refractivity contribution in [1.29, 1.82) is 0 Å². The molecule has 5 heteroatoms. The number of nitrogens with one attached hydrogen (secondary N) is 1. The smallest absolute Gasteiger partial charge is 0.343 e. The van der Waals surface area contributed by atoms with Crippen molar-refractivity contribution in [2.45, 2.75) is 20.3 Å². The van der Waals surface area contributed by atoms with Gasteiger partial charge in [-0.2, -0.15) is 0 Å². The molecule has 1 rings (SSSR count). The van der Waals surface area contributed by atoms with E-state index >= 15 is 0 Å². The predicted octanol–water partition coefficient (Wildman–Crippen LogP) is 2.53. The molecule has 0 atom stereocenters. The van der Waals surface area contributed by atoms with Gasteiger partial charge >= 0.3 is 5.97 Å². The third-order valence-corrected chi connectivity index (χ3v) is 2.57. The van der Waals surface area contributed by atoms with Crippen LogP contribution in [0.25, 0.3) is 0 Å². The molecular weight excluding hydrogens is 258 g/mol. The molecule has 1 amide bonds. The quantitative estimate of drug-likeness (QED) is 0.641. The minimum atomic E-state index is -0.442. The normalized spacial score (nSPS) is 10.8. The minimum Gasteiger partial charge on any atom is -0.482 e. The fourth-order valence-electron chi connectivity index (χ4n) is 1.46. The molecular formula is C15H19NO4. The Morgan fingerprint density at radius 3 is 2.45 bits per heavy atom. The summed E-state index contributed by atoms with van der Waals surface area (Å²) < 4.78 is 9.68. The first-order valence-electron chi connectivity index (χ1n) is 6.34. The molecule has 0 fully saturated rings. The molecule has 0 bridgehead atoms. The van der Waals surface area contributed by atoms with Crippen LogP contribution in [0.1, 0.15) is 20.3 Å². The van der Waals surface area contributed by atoms with Crippen LogP contribution in [0.15, 0.2) is 35.9 Å². The van der Waals surface area contributed by atoms with Crippen molar-refractivity contribution in [3.05, 3.63) is 35.9 Å². The second-order valence-electron chi connectivity index (χ2n) is 4.14. The van der Waals surface area contributed by atoms with E-state index in [4.69, 9.17) is 4.74 Å². The molecule has 0 aliphatic rings. The van der Waals surface area contributed by atoms with Crippen molar-refractivity contribution >= 4 is 17.6 Å². The van der Waals surface area contributed by atoms with Crippen molar-refractivity contribution < 1.29 is 19.1 Å². The number of amides is 1. The summed E-state index contributed by atoms with van der Waals surface area (Å²) in [5.41, 5.74) is 1.35. The average molecular weight is 277 g/mol. The van der Waals surface area contributed by atoms with Crippen LogP contribution in [0.4, 0.5) is 5.69 Å². The molecule has 0 aliphatic heterocycles. The van der Waals surface area contributed by atoms with Gasteiger partial charge in [0.25, 0.3) is 5.91 Å². The first-order chi connectivity index (χ1) is 9.56. The maximum Gasteiger partial charge on any atom is 0.343 e. The van der Waals surface area contributed by atoms with E-state index < -0.39 is 5.97 Å². The lowest BCUT2D eigenvalue weighted by Gasteiger charge is -2.08. The van der Waals surface area contributed by atoms with Gasteiger partial charge in [-0.05, 0) is 37.6 Å². The molecule has 0 saturated heterocycles. The highest BCUT2D eigenvalue weighted by Crippen LogP contribution is 2.16. The maximum absolute atomic E-state index is 11.8. The number of carbonyl (C=O) groups is 2. The fraction of sp³-hybridized carbons (Fsp3) is 0.333. The van der Waals surface area contributed by atoms with Crippen LogP contribution >= 0.6 is 0 Å². The number of allylic oxidation sites excluding steroid dienone is 1. The van der Waals surface area contributed by atoms with Gasteiger partial charge in [0.2, 0.25) is 0 Å². The average Bonchev–Trinajstić information content (AvgIpc) is 2.46. The summed E-state index contributed by atoms with van der Waals surface area (Å²) in [5, 5.41) is 2.78. The van der Waals surface area contributed by atoms with E-state index in [0.717, 1.165) is 6.42 Å². The van der Waals surface area contributed by atoms with Crippen LogP contribution < -0.4 is 10.1 Å². The largest absolute Gasteiger partial charge is 0.482 e. The van der Waals surface area contributed by atoms with E-state index in [0.29, 0.717) is 17.0 Å². The summed E-state index contributed by atoms with van der Waals surface area (Å²) >= 11 is 0. The van der Waals surface area contributed by atoms with Crippen LogP contribution in [-0.2, 0) is 14.3 Å². The van der Waals surface area contributed by atoms with Crippen molar-refractivity contribution in [1.82, 2.24) is 0 Å². The number of hydrogen-bond donors (Lipinski definition) is 1.